The molecule has 1 aromatic heterocycles. The van der Waals surface area contributed by atoms with Gasteiger partial charge in [-0.1, -0.05) is 48.5 Å². The van der Waals surface area contributed by atoms with Gasteiger partial charge in [-0.15, -0.1) is 0 Å². The minimum Gasteiger partial charge on any atom is -0.449 e. The molecule has 208 valence electrons. The summed E-state index contributed by atoms with van der Waals surface area (Å²) in [6.45, 7) is 4.95. The molecular weight excluding hydrogens is 531 g/mol. The van der Waals surface area contributed by atoms with Crippen LogP contribution in [0.2, 0.25) is 0 Å². The fourth-order valence-corrected chi connectivity index (χ4v) is 3.63. The average molecular weight is 556 g/mol. The maximum atomic E-state index is 13.9. The van der Waals surface area contributed by atoms with E-state index in [2.05, 4.69) is 5.32 Å². The number of esters is 1. The largest absolute Gasteiger partial charge is 0.453 e. The first-order valence-electron chi connectivity index (χ1n) is 12.0. The zero-order valence-corrected chi connectivity index (χ0v) is 21.6. The van der Waals surface area contributed by atoms with E-state index in [0.29, 0.717) is 5.56 Å². The highest BCUT2D eigenvalue weighted by Gasteiger charge is 2.40. The lowest BCUT2D eigenvalue weighted by Crippen LogP contribution is -2.39. The summed E-state index contributed by atoms with van der Waals surface area (Å²) in [5.41, 5.74) is -2.03. The van der Waals surface area contributed by atoms with Crippen molar-refractivity contribution in [1.82, 2.24) is 5.32 Å². The number of carbonyl (C=O) groups excluding carboxylic acids is 2. The second kappa shape index (κ2) is 11.1. The van der Waals surface area contributed by atoms with E-state index in [1.807, 2.05) is 0 Å². The number of para-hydroxylation sites is 1. The monoisotopic (exact) mass is 555 g/mol. The zero-order chi connectivity index (χ0) is 29.1. The summed E-state index contributed by atoms with van der Waals surface area (Å²) in [6, 6.07) is 17.7. The highest BCUT2D eigenvalue weighted by atomic mass is 19.4. The standard InChI is InChI=1S/C29H24F3NO7/c1-28(2,3)40-27(36)33-22(17-10-6-4-7-11-17)26(35)38-19-14-15-20-21(16-19)39-25(29(30,31)32)24(23(20)34)37-18-12-8-5-9-13-18/h4-16,22H,1-3H3,(H,33,36)/t22-/m0/s1. The molecule has 0 unspecified atom stereocenters. The molecule has 0 saturated heterocycles. The molecule has 4 aromatic rings. The number of alkyl carbamates (subject to hydrolysis) is 1. The van der Waals surface area contributed by atoms with Crippen molar-refractivity contribution in [1.29, 1.82) is 0 Å². The lowest BCUT2D eigenvalue weighted by Gasteiger charge is -2.23. The second-order valence-electron chi connectivity index (χ2n) is 9.57. The van der Waals surface area contributed by atoms with E-state index in [4.69, 9.17) is 18.6 Å². The van der Waals surface area contributed by atoms with E-state index in [0.717, 1.165) is 12.1 Å². The van der Waals surface area contributed by atoms with Crippen molar-refractivity contribution in [3.05, 3.63) is 100 Å². The third-order valence-electron chi connectivity index (χ3n) is 5.29. The molecule has 3 aromatic carbocycles. The predicted octanol–water partition coefficient (Wildman–Crippen LogP) is 6.78. The fraction of sp³-hybridized carbons (Fsp3) is 0.207. The molecule has 11 heteroatoms. The summed E-state index contributed by atoms with van der Waals surface area (Å²) in [5, 5.41) is 2.21. The van der Waals surface area contributed by atoms with E-state index < -0.39 is 52.4 Å². The van der Waals surface area contributed by atoms with Crippen molar-refractivity contribution in [3.8, 4) is 17.2 Å². The van der Waals surface area contributed by atoms with Crippen LogP contribution in [0, 0.1) is 0 Å². The zero-order valence-electron chi connectivity index (χ0n) is 21.6. The predicted molar refractivity (Wildman–Crippen MR) is 138 cm³/mol. The fourth-order valence-electron chi connectivity index (χ4n) is 3.63. The Morgan fingerprint density at radius 1 is 0.875 bits per heavy atom. The SMILES string of the molecule is CC(C)(C)OC(=O)N[C@H](C(=O)Oc1ccc2c(=O)c(Oc3ccccc3)c(C(F)(F)F)oc2c1)c1ccccc1. The molecule has 0 aliphatic rings. The van der Waals surface area contributed by atoms with Crippen molar-refractivity contribution in [2.75, 3.05) is 0 Å². The summed E-state index contributed by atoms with van der Waals surface area (Å²) in [5.74, 6) is -3.85. The number of rotatable bonds is 6. The molecule has 0 radical (unpaired) electrons. The van der Waals surface area contributed by atoms with Crippen LogP contribution in [0.3, 0.4) is 0 Å². The van der Waals surface area contributed by atoms with Crippen molar-refractivity contribution in [2.45, 2.75) is 38.6 Å². The quantitative estimate of drug-likeness (QED) is 0.207. The van der Waals surface area contributed by atoms with Crippen LogP contribution in [-0.2, 0) is 15.7 Å². The highest BCUT2D eigenvalue weighted by molar-refractivity contribution is 5.86. The molecule has 1 N–H and O–H groups in total. The lowest BCUT2D eigenvalue weighted by atomic mass is 10.1. The molecule has 1 atom stereocenters. The van der Waals surface area contributed by atoms with Crippen LogP contribution in [-0.4, -0.2) is 17.7 Å². The van der Waals surface area contributed by atoms with Gasteiger partial charge in [-0.25, -0.2) is 9.59 Å². The number of benzene rings is 3. The van der Waals surface area contributed by atoms with E-state index in [-0.39, 0.29) is 16.9 Å². The number of ether oxygens (including phenoxy) is 3. The molecule has 40 heavy (non-hydrogen) atoms. The minimum absolute atomic E-state index is 0.00893. The van der Waals surface area contributed by atoms with Crippen LogP contribution in [0.25, 0.3) is 11.0 Å². The minimum atomic E-state index is -5.07. The molecule has 0 bridgehead atoms. The summed E-state index contributed by atoms with van der Waals surface area (Å²) in [6.07, 6.45) is -5.96. The number of hydrogen-bond acceptors (Lipinski definition) is 7. The van der Waals surface area contributed by atoms with Crippen LogP contribution in [0.4, 0.5) is 18.0 Å². The van der Waals surface area contributed by atoms with Gasteiger partial charge in [0, 0.05) is 6.07 Å². The topological polar surface area (TPSA) is 104 Å². The van der Waals surface area contributed by atoms with Gasteiger partial charge in [0.15, 0.2) is 6.04 Å². The van der Waals surface area contributed by atoms with Gasteiger partial charge in [0.1, 0.15) is 22.7 Å². The molecule has 4 rings (SSSR count). The Kier molecular flexibility index (Phi) is 7.85. The van der Waals surface area contributed by atoms with Crippen LogP contribution < -0.4 is 20.2 Å². The van der Waals surface area contributed by atoms with E-state index in [1.54, 1.807) is 57.2 Å². The molecule has 1 heterocycles. The maximum absolute atomic E-state index is 13.9. The molecule has 1 amide bonds. The van der Waals surface area contributed by atoms with Gasteiger partial charge in [0.05, 0.1) is 5.39 Å². The average Bonchev–Trinajstić information content (AvgIpc) is 2.88. The van der Waals surface area contributed by atoms with Crippen molar-refractivity contribution in [3.63, 3.8) is 0 Å². The van der Waals surface area contributed by atoms with Crippen LogP contribution in [0.5, 0.6) is 17.2 Å². The van der Waals surface area contributed by atoms with Gasteiger partial charge in [0.25, 0.3) is 5.76 Å². The van der Waals surface area contributed by atoms with Crippen molar-refractivity contribution >= 4 is 23.0 Å². The Hall–Kier alpha value is -4.80. The van der Waals surface area contributed by atoms with Gasteiger partial charge in [-0.05, 0) is 50.6 Å². The smallest absolute Gasteiger partial charge is 0.449 e. The molecule has 0 aliphatic carbocycles. The summed E-state index contributed by atoms with van der Waals surface area (Å²) < 4.78 is 62.5. The Morgan fingerprint density at radius 3 is 2.10 bits per heavy atom. The molecule has 0 spiro atoms. The number of amides is 1. The summed E-state index contributed by atoms with van der Waals surface area (Å²) >= 11 is 0. The first-order chi connectivity index (χ1) is 18.8. The van der Waals surface area contributed by atoms with Gasteiger partial charge in [0.2, 0.25) is 11.2 Å². The highest BCUT2D eigenvalue weighted by Crippen LogP contribution is 2.38. The summed E-state index contributed by atoms with van der Waals surface area (Å²) in [4.78, 5) is 38.5. The molecule has 0 fully saturated rings. The first-order valence-corrected chi connectivity index (χ1v) is 12.0. The normalized spacial score (nSPS) is 12.4. The second-order valence-corrected chi connectivity index (χ2v) is 9.57. The Labute approximate surface area is 226 Å². The molecular formula is C29H24F3NO7. The van der Waals surface area contributed by atoms with E-state index in [1.165, 1.54) is 30.3 Å². The molecule has 0 saturated carbocycles. The van der Waals surface area contributed by atoms with Gasteiger partial charge < -0.3 is 23.9 Å². The number of nitrogens with one attached hydrogen (secondary N) is 1. The number of carbonyl (C=O) groups is 2. The Balaban J connectivity index is 1.68. The van der Waals surface area contributed by atoms with E-state index in [9.17, 15) is 27.6 Å². The number of halogens is 3. The van der Waals surface area contributed by atoms with Gasteiger partial charge in [-0.2, -0.15) is 13.2 Å². The molecule has 8 nitrogen and oxygen atoms in total. The van der Waals surface area contributed by atoms with Crippen LogP contribution in [0.1, 0.15) is 38.1 Å². The lowest BCUT2D eigenvalue weighted by molar-refractivity contribution is -0.154. The number of fused-ring (bicyclic) bond motifs is 1. The third-order valence-corrected chi connectivity index (χ3v) is 5.29. The van der Waals surface area contributed by atoms with Crippen LogP contribution in [0.15, 0.2) is 88.1 Å². The number of alkyl halides is 3. The Bertz CT molecular complexity index is 1580. The van der Waals surface area contributed by atoms with Gasteiger partial charge in [-0.3, -0.25) is 4.79 Å². The van der Waals surface area contributed by atoms with Crippen molar-refractivity contribution < 1.29 is 41.4 Å². The van der Waals surface area contributed by atoms with Crippen LogP contribution >= 0.6 is 0 Å². The third kappa shape index (κ3) is 6.79. The molecule has 0 aliphatic heterocycles. The Morgan fingerprint density at radius 2 is 1.50 bits per heavy atom. The van der Waals surface area contributed by atoms with Crippen molar-refractivity contribution in [2.24, 2.45) is 0 Å². The van der Waals surface area contributed by atoms with Gasteiger partial charge >= 0.3 is 18.2 Å². The summed E-state index contributed by atoms with van der Waals surface area (Å²) in [7, 11) is 0. The maximum Gasteiger partial charge on any atom is 0.453 e. The first kappa shape index (κ1) is 28.2. The number of hydrogen-bond donors (Lipinski definition) is 1. The van der Waals surface area contributed by atoms with E-state index >= 15 is 0 Å².